The van der Waals surface area contributed by atoms with Crippen molar-refractivity contribution in [1.29, 1.82) is 5.26 Å². The lowest BCUT2D eigenvalue weighted by molar-refractivity contribution is 0.405. The molecule has 0 amide bonds. The maximum atomic E-state index is 8.82. The molecule has 0 bridgehead atoms. The monoisotopic (exact) mass is 218 g/mol. The highest BCUT2D eigenvalue weighted by atomic mass is 15.1. The van der Waals surface area contributed by atoms with E-state index in [9.17, 15) is 0 Å². The minimum Gasteiger partial charge on any atom is -0.396 e. The van der Waals surface area contributed by atoms with Crippen LogP contribution in [-0.2, 0) is 0 Å². The number of hydrogen-bond acceptors (Lipinski definition) is 4. The molecular formula is C12H18N4. The average Bonchev–Trinajstić information content (AvgIpc) is 2.26. The summed E-state index contributed by atoms with van der Waals surface area (Å²) >= 11 is 0. The van der Waals surface area contributed by atoms with Gasteiger partial charge in [0.1, 0.15) is 6.07 Å². The Bertz CT molecular complexity index is 379. The standard InChI is InChI=1S/C12H18N4/c1-16(2)8-4-7-15-11-6-3-5-10(9-13)12(11)14/h3,5-6,15H,4,7-8,14H2,1-2H3. The van der Waals surface area contributed by atoms with Gasteiger partial charge in [0.2, 0.25) is 0 Å². The van der Waals surface area contributed by atoms with Crippen LogP contribution in [0.3, 0.4) is 0 Å². The predicted molar refractivity (Wildman–Crippen MR) is 67.2 cm³/mol. The van der Waals surface area contributed by atoms with Gasteiger partial charge in [-0.05, 0) is 39.2 Å². The summed E-state index contributed by atoms with van der Waals surface area (Å²) in [4.78, 5) is 2.14. The van der Waals surface area contributed by atoms with Crippen molar-refractivity contribution in [3.63, 3.8) is 0 Å². The first-order valence-corrected chi connectivity index (χ1v) is 5.32. The lowest BCUT2D eigenvalue weighted by Gasteiger charge is -2.12. The molecule has 0 radical (unpaired) electrons. The summed E-state index contributed by atoms with van der Waals surface area (Å²) in [6.07, 6.45) is 1.04. The van der Waals surface area contributed by atoms with Crippen LogP contribution in [0.15, 0.2) is 18.2 Å². The molecule has 0 atom stereocenters. The van der Waals surface area contributed by atoms with Crippen LogP contribution in [0.5, 0.6) is 0 Å². The number of nitrogens with zero attached hydrogens (tertiary/aromatic N) is 2. The van der Waals surface area contributed by atoms with Gasteiger partial charge in [-0.2, -0.15) is 5.26 Å². The molecule has 0 aliphatic heterocycles. The molecular weight excluding hydrogens is 200 g/mol. The van der Waals surface area contributed by atoms with Crippen LogP contribution in [0.25, 0.3) is 0 Å². The molecule has 0 aliphatic rings. The largest absolute Gasteiger partial charge is 0.396 e. The zero-order valence-corrected chi connectivity index (χ0v) is 9.83. The van der Waals surface area contributed by atoms with Crippen molar-refractivity contribution in [2.45, 2.75) is 6.42 Å². The van der Waals surface area contributed by atoms with E-state index in [1.165, 1.54) is 0 Å². The Balaban J connectivity index is 2.52. The van der Waals surface area contributed by atoms with E-state index in [-0.39, 0.29) is 0 Å². The van der Waals surface area contributed by atoms with E-state index >= 15 is 0 Å². The molecule has 0 saturated heterocycles. The maximum absolute atomic E-state index is 8.82. The summed E-state index contributed by atoms with van der Waals surface area (Å²) in [6, 6.07) is 7.52. The van der Waals surface area contributed by atoms with Crippen LogP contribution in [0.4, 0.5) is 11.4 Å². The molecule has 0 saturated carbocycles. The van der Waals surface area contributed by atoms with Gasteiger partial charge in [-0.1, -0.05) is 6.07 Å². The summed E-state index contributed by atoms with van der Waals surface area (Å²) in [7, 11) is 4.09. The number of hydrogen-bond donors (Lipinski definition) is 2. The Labute approximate surface area is 96.7 Å². The summed E-state index contributed by atoms with van der Waals surface area (Å²) < 4.78 is 0. The molecule has 0 aliphatic carbocycles. The number of nitrogen functional groups attached to an aromatic ring is 1. The number of nitriles is 1. The Morgan fingerprint density at radius 3 is 2.81 bits per heavy atom. The minimum atomic E-state index is 0.526. The second-order valence-corrected chi connectivity index (χ2v) is 3.96. The molecule has 3 N–H and O–H groups in total. The second-order valence-electron chi connectivity index (χ2n) is 3.96. The van der Waals surface area contributed by atoms with Crippen LogP contribution >= 0.6 is 0 Å². The Morgan fingerprint density at radius 1 is 1.44 bits per heavy atom. The summed E-state index contributed by atoms with van der Waals surface area (Å²) in [5.41, 5.74) is 7.75. The fourth-order valence-electron chi connectivity index (χ4n) is 1.44. The van der Waals surface area contributed by atoms with Crippen molar-refractivity contribution in [1.82, 2.24) is 4.90 Å². The van der Waals surface area contributed by atoms with E-state index in [2.05, 4.69) is 16.3 Å². The van der Waals surface area contributed by atoms with Crippen molar-refractivity contribution in [3.8, 4) is 6.07 Å². The van der Waals surface area contributed by atoms with Crippen molar-refractivity contribution in [2.24, 2.45) is 0 Å². The zero-order valence-electron chi connectivity index (χ0n) is 9.83. The highest BCUT2D eigenvalue weighted by Gasteiger charge is 2.02. The third kappa shape index (κ3) is 3.44. The normalized spacial score (nSPS) is 10.1. The Kier molecular flexibility index (Phi) is 4.62. The molecule has 4 heteroatoms. The number of para-hydroxylation sites is 1. The van der Waals surface area contributed by atoms with Crippen LogP contribution in [0.1, 0.15) is 12.0 Å². The Hall–Kier alpha value is -1.73. The molecule has 0 fully saturated rings. The molecule has 0 aromatic heterocycles. The fraction of sp³-hybridized carbons (Fsp3) is 0.417. The first kappa shape index (κ1) is 12.3. The van der Waals surface area contributed by atoms with E-state index in [1.807, 2.05) is 26.2 Å². The highest BCUT2D eigenvalue weighted by molar-refractivity contribution is 5.72. The molecule has 4 nitrogen and oxygen atoms in total. The topological polar surface area (TPSA) is 65.1 Å². The SMILES string of the molecule is CN(C)CCCNc1cccc(C#N)c1N. The van der Waals surface area contributed by atoms with Gasteiger partial charge in [-0.25, -0.2) is 0 Å². The van der Waals surface area contributed by atoms with Gasteiger partial charge < -0.3 is 16.0 Å². The van der Waals surface area contributed by atoms with Gasteiger partial charge in [-0.15, -0.1) is 0 Å². The first-order chi connectivity index (χ1) is 7.65. The van der Waals surface area contributed by atoms with Gasteiger partial charge in [0.25, 0.3) is 0 Å². The molecule has 0 heterocycles. The van der Waals surface area contributed by atoms with Gasteiger partial charge in [0.15, 0.2) is 0 Å². The van der Waals surface area contributed by atoms with E-state index in [1.54, 1.807) is 6.07 Å². The van der Waals surface area contributed by atoms with Crippen molar-refractivity contribution >= 4 is 11.4 Å². The number of nitrogens with one attached hydrogen (secondary N) is 1. The molecule has 16 heavy (non-hydrogen) atoms. The molecule has 1 aromatic rings. The average molecular weight is 218 g/mol. The van der Waals surface area contributed by atoms with Crippen molar-refractivity contribution < 1.29 is 0 Å². The quantitative estimate of drug-likeness (QED) is 0.580. The summed E-state index contributed by atoms with van der Waals surface area (Å²) in [5, 5.41) is 12.1. The van der Waals surface area contributed by atoms with E-state index in [0.717, 1.165) is 25.2 Å². The van der Waals surface area contributed by atoms with E-state index in [0.29, 0.717) is 11.3 Å². The zero-order chi connectivity index (χ0) is 12.0. The second kappa shape index (κ2) is 5.99. The van der Waals surface area contributed by atoms with Gasteiger partial charge in [-0.3, -0.25) is 0 Å². The van der Waals surface area contributed by atoms with Crippen LogP contribution in [-0.4, -0.2) is 32.1 Å². The van der Waals surface area contributed by atoms with Crippen LogP contribution < -0.4 is 11.1 Å². The highest BCUT2D eigenvalue weighted by Crippen LogP contribution is 2.21. The third-order valence-corrected chi connectivity index (χ3v) is 2.32. The maximum Gasteiger partial charge on any atom is 0.101 e. The minimum absolute atomic E-state index is 0.526. The van der Waals surface area contributed by atoms with Crippen molar-refractivity contribution in [3.05, 3.63) is 23.8 Å². The molecule has 86 valence electrons. The fourth-order valence-corrected chi connectivity index (χ4v) is 1.44. The van der Waals surface area contributed by atoms with Gasteiger partial charge in [0, 0.05) is 6.54 Å². The lowest BCUT2D eigenvalue weighted by Crippen LogP contribution is -2.16. The van der Waals surface area contributed by atoms with Crippen molar-refractivity contribution in [2.75, 3.05) is 38.2 Å². The van der Waals surface area contributed by atoms with Gasteiger partial charge >= 0.3 is 0 Å². The third-order valence-electron chi connectivity index (χ3n) is 2.32. The number of benzene rings is 1. The smallest absolute Gasteiger partial charge is 0.101 e. The molecule has 0 spiro atoms. The first-order valence-electron chi connectivity index (χ1n) is 5.32. The molecule has 1 aromatic carbocycles. The summed E-state index contributed by atoms with van der Waals surface area (Å²) in [6.45, 7) is 1.89. The molecule has 0 unspecified atom stereocenters. The number of nitrogens with two attached hydrogens (primary N) is 1. The van der Waals surface area contributed by atoms with E-state index < -0.39 is 0 Å². The number of rotatable bonds is 5. The molecule has 1 rings (SSSR count). The van der Waals surface area contributed by atoms with Gasteiger partial charge in [0.05, 0.1) is 16.9 Å². The number of anilines is 2. The Morgan fingerprint density at radius 2 is 2.19 bits per heavy atom. The summed E-state index contributed by atoms with van der Waals surface area (Å²) in [5.74, 6) is 0. The van der Waals surface area contributed by atoms with Crippen LogP contribution in [0, 0.1) is 11.3 Å². The van der Waals surface area contributed by atoms with Crippen LogP contribution in [0.2, 0.25) is 0 Å². The predicted octanol–water partition coefficient (Wildman–Crippen LogP) is 1.50. The van der Waals surface area contributed by atoms with E-state index in [4.69, 9.17) is 11.0 Å². The lowest BCUT2D eigenvalue weighted by atomic mass is 10.1.